The van der Waals surface area contributed by atoms with Gasteiger partial charge in [-0.3, -0.25) is 14.9 Å². The van der Waals surface area contributed by atoms with Crippen LogP contribution in [0, 0.1) is 0 Å². The van der Waals surface area contributed by atoms with E-state index in [1.165, 1.54) is 0 Å². The zero-order valence-corrected chi connectivity index (χ0v) is 12.5. The number of amides is 1. The standard InChI is InChI=1S/C16H18N4O3/c21-15(23-9-11-4-2-1-3-5-11)8-18-16(22)13-6-12-14(7-17-13)20-10-19-12/h1-5,10,13,17H,6-9H2,(H,18,22)(H,19,20)/t13-/m0/s1. The van der Waals surface area contributed by atoms with Crippen LogP contribution in [0.3, 0.4) is 0 Å². The Morgan fingerprint density at radius 3 is 2.96 bits per heavy atom. The lowest BCUT2D eigenvalue weighted by Crippen LogP contribution is -2.48. The van der Waals surface area contributed by atoms with Crippen LogP contribution >= 0.6 is 0 Å². The van der Waals surface area contributed by atoms with E-state index >= 15 is 0 Å². The molecule has 120 valence electrons. The average molecular weight is 314 g/mol. The van der Waals surface area contributed by atoms with E-state index in [-0.39, 0.29) is 25.1 Å². The summed E-state index contributed by atoms with van der Waals surface area (Å²) in [5.41, 5.74) is 2.79. The van der Waals surface area contributed by atoms with Crippen LogP contribution in [-0.2, 0) is 33.9 Å². The van der Waals surface area contributed by atoms with Gasteiger partial charge in [-0.15, -0.1) is 0 Å². The van der Waals surface area contributed by atoms with Gasteiger partial charge in [0.1, 0.15) is 13.2 Å². The molecule has 0 aliphatic carbocycles. The molecular weight excluding hydrogens is 296 g/mol. The van der Waals surface area contributed by atoms with Crippen molar-refractivity contribution in [3.8, 4) is 0 Å². The van der Waals surface area contributed by atoms with Gasteiger partial charge in [-0.25, -0.2) is 4.98 Å². The number of ether oxygens (including phenoxy) is 1. The van der Waals surface area contributed by atoms with Crippen molar-refractivity contribution < 1.29 is 14.3 Å². The molecule has 0 radical (unpaired) electrons. The van der Waals surface area contributed by atoms with E-state index in [0.717, 1.165) is 17.0 Å². The maximum Gasteiger partial charge on any atom is 0.325 e. The number of hydrogen-bond acceptors (Lipinski definition) is 5. The summed E-state index contributed by atoms with van der Waals surface area (Å²) in [5, 5.41) is 5.70. The number of esters is 1. The molecule has 1 atom stereocenters. The molecule has 0 saturated heterocycles. The molecule has 7 nitrogen and oxygen atoms in total. The maximum absolute atomic E-state index is 12.1. The van der Waals surface area contributed by atoms with Gasteiger partial charge < -0.3 is 15.0 Å². The van der Waals surface area contributed by atoms with Crippen molar-refractivity contribution in [1.29, 1.82) is 0 Å². The van der Waals surface area contributed by atoms with Crippen LogP contribution in [0.25, 0.3) is 0 Å². The lowest BCUT2D eigenvalue weighted by Gasteiger charge is -2.22. The van der Waals surface area contributed by atoms with E-state index in [9.17, 15) is 9.59 Å². The molecule has 0 spiro atoms. The van der Waals surface area contributed by atoms with Gasteiger partial charge >= 0.3 is 5.97 Å². The number of nitrogens with zero attached hydrogens (tertiary/aromatic N) is 1. The van der Waals surface area contributed by atoms with E-state index in [4.69, 9.17) is 4.74 Å². The van der Waals surface area contributed by atoms with Crippen molar-refractivity contribution >= 4 is 11.9 Å². The van der Waals surface area contributed by atoms with Gasteiger partial charge in [0.2, 0.25) is 5.91 Å². The zero-order valence-electron chi connectivity index (χ0n) is 12.5. The summed E-state index contributed by atoms with van der Waals surface area (Å²) in [6.07, 6.45) is 2.12. The molecular formula is C16H18N4O3. The molecule has 23 heavy (non-hydrogen) atoms. The second-order valence-corrected chi connectivity index (χ2v) is 5.33. The second kappa shape index (κ2) is 7.06. The third-order valence-electron chi connectivity index (χ3n) is 3.70. The van der Waals surface area contributed by atoms with Crippen LogP contribution < -0.4 is 10.6 Å². The summed E-state index contributed by atoms with van der Waals surface area (Å²) in [7, 11) is 0. The monoisotopic (exact) mass is 314 g/mol. The molecule has 1 aromatic carbocycles. The second-order valence-electron chi connectivity index (χ2n) is 5.33. The predicted molar refractivity (Wildman–Crippen MR) is 82.2 cm³/mol. The Balaban J connectivity index is 1.41. The topological polar surface area (TPSA) is 96.1 Å². The van der Waals surface area contributed by atoms with Crippen LogP contribution in [0.2, 0.25) is 0 Å². The highest BCUT2D eigenvalue weighted by Crippen LogP contribution is 2.11. The predicted octanol–water partition coefficient (Wildman–Crippen LogP) is 0.284. The number of H-pyrrole nitrogens is 1. The zero-order chi connectivity index (χ0) is 16.1. The van der Waals surface area contributed by atoms with Gasteiger partial charge in [-0.05, 0) is 5.56 Å². The first-order valence-electron chi connectivity index (χ1n) is 7.44. The van der Waals surface area contributed by atoms with Crippen molar-refractivity contribution in [1.82, 2.24) is 20.6 Å². The molecule has 1 aliphatic rings. The molecule has 1 aliphatic heterocycles. The SMILES string of the molecule is O=C(CNC(=O)[C@@H]1Cc2nc[nH]c2CN1)OCc1ccccc1. The summed E-state index contributed by atoms with van der Waals surface area (Å²) in [4.78, 5) is 31.0. The summed E-state index contributed by atoms with van der Waals surface area (Å²) in [5.74, 6) is -0.686. The normalized spacial score (nSPS) is 16.4. The van der Waals surface area contributed by atoms with Crippen molar-refractivity contribution in [2.45, 2.75) is 25.6 Å². The first-order chi connectivity index (χ1) is 11.2. The smallest absolute Gasteiger partial charge is 0.325 e. The maximum atomic E-state index is 12.1. The lowest BCUT2D eigenvalue weighted by molar-refractivity contribution is -0.145. The number of imidazole rings is 1. The summed E-state index contributed by atoms with van der Waals surface area (Å²) >= 11 is 0. The van der Waals surface area contributed by atoms with Gasteiger partial charge in [-0.1, -0.05) is 30.3 Å². The van der Waals surface area contributed by atoms with Gasteiger partial charge in [0.25, 0.3) is 0 Å². The Morgan fingerprint density at radius 1 is 1.30 bits per heavy atom. The molecule has 3 N–H and O–H groups in total. The summed E-state index contributed by atoms with van der Waals surface area (Å²) < 4.78 is 5.12. The molecule has 0 bridgehead atoms. The van der Waals surface area contributed by atoms with E-state index < -0.39 is 5.97 Å². The number of fused-ring (bicyclic) bond motifs is 1. The molecule has 2 aromatic rings. The number of rotatable bonds is 5. The van der Waals surface area contributed by atoms with Crippen LogP contribution in [0.5, 0.6) is 0 Å². The molecule has 1 amide bonds. The molecule has 3 rings (SSSR count). The highest BCUT2D eigenvalue weighted by Gasteiger charge is 2.25. The highest BCUT2D eigenvalue weighted by molar-refractivity contribution is 5.86. The fraction of sp³-hybridized carbons (Fsp3) is 0.312. The fourth-order valence-electron chi connectivity index (χ4n) is 2.43. The number of carbonyl (C=O) groups excluding carboxylic acids is 2. The Hall–Kier alpha value is -2.67. The lowest BCUT2D eigenvalue weighted by atomic mass is 10.0. The Kier molecular flexibility index (Phi) is 4.68. The third kappa shape index (κ3) is 3.95. The minimum absolute atomic E-state index is 0.142. The van der Waals surface area contributed by atoms with Crippen molar-refractivity contribution in [3.05, 3.63) is 53.6 Å². The summed E-state index contributed by atoms with van der Waals surface area (Å²) in [6.45, 7) is 0.622. The minimum Gasteiger partial charge on any atom is -0.460 e. The number of aromatic nitrogens is 2. The van der Waals surface area contributed by atoms with Crippen LogP contribution in [0.4, 0.5) is 0 Å². The van der Waals surface area contributed by atoms with Gasteiger partial charge in [0.05, 0.1) is 23.8 Å². The Bertz CT molecular complexity index is 684. The number of aromatic amines is 1. The molecule has 2 heterocycles. The first kappa shape index (κ1) is 15.2. The van der Waals surface area contributed by atoms with Gasteiger partial charge in [0, 0.05) is 13.0 Å². The number of nitrogens with one attached hydrogen (secondary N) is 3. The fourth-order valence-corrected chi connectivity index (χ4v) is 2.43. The molecule has 1 aromatic heterocycles. The third-order valence-corrected chi connectivity index (χ3v) is 3.70. The Morgan fingerprint density at radius 2 is 2.13 bits per heavy atom. The number of benzene rings is 1. The molecule has 0 saturated carbocycles. The Labute approximate surface area is 133 Å². The average Bonchev–Trinajstić information content (AvgIpc) is 3.06. The molecule has 0 unspecified atom stereocenters. The van der Waals surface area contributed by atoms with Crippen LogP contribution in [0.1, 0.15) is 17.0 Å². The van der Waals surface area contributed by atoms with E-state index in [1.807, 2.05) is 30.3 Å². The van der Waals surface area contributed by atoms with E-state index in [0.29, 0.717) is 13.0 Å². The first-order valence-corrected chi connectivity index (χ1v) is 7.44. The van der Waals surface area contributed by atoms with E-state index in [2.05, 4.69) is 20.6 Å². The quantitative estimate of drug-likeness (QED) is 0.689. The van der Waals surface area contributed by atoms with Crippen molar-refractivity contribution in [2.24, 2.45) is 0 Å². The minimum atomic E-state index is -0.460. The van der Waals surface area contributed by atoms with E-state index in [1.54, 1.807) is 6.33 Å². The van der Waals surface area contributed by atoms with Crippen molar-refractivity contribution in [2.75, 3.05) is 6.54 Å². The van der Waals surface area contributed by atoms with Crippen molar-refractivity contribution in [3.63, 3.8) is 0 Å². The highest BCUT2D eigenvalue weighted by atomic mass is 16.5. The molecule has 7 heteroatoms. The molecule has 0 fully saturated rings. The van der Waals surface area contributed by atoms with Gasteiger partial charge in [0.15, 0.2) is 0 Å². The van der Waals surface area contributed by atoms with Crippen LogP contribution in [0.15, 0.2) is 36.7 Å². The number of hydrogen-bond donors (Lipinski definition) is 3. The van der Waals surface area contributed by atoms with Crippen LogP contribution in [-0.4, -0.2) is 34.4 Å². The van der Waals surface area contributed by atoms with Gasteiger partial charge in [-0.2, -0.15) is 0 Å². The largest absolute Gasteiger partial charge is 0.460 e. The number of carbonyl (C=O) groups is 2. The summed E-state index contributed by atoms with van der Waals surface area (Å²) in [6, 6.07) is 9.02.